The van der Waals surface area contributed by atoms with Crippen LogP contribution < -0.4 is 0 Å². The van der Waals surface area contributed by atoms with Gasteiger partial charge in [-0.2, -0.15) is 0 Å². The molecule has 0 radical (unpaired) electrons. The lowest BCUT2D eigenvalue weighted by atomic mass is 10.1. The fraction of sp³-hybridized carbons (Fsp3) is 0.154. The third kappa shape index (κ3) is 2.97. The van der Waals surface area contributed by atoms with Gasteiger partial charge < -0.3 is 0 Å². The van der Waals surface area contributed by atoms with Crippen LogP contribution in [0.1, 0.15) is 16.6 Å². The lowest BCUT2D eigenvalue weighted by molar-refractivity contribution is 0.881. The summed E-state index contributed by atoms with van der Waals surface area (Å²) in [4.78, 5) is 4.25. The van der Waals surface area contributed by atoms with Crippen LogP contribution in [0.25, 0.3) is 0 Å². The molecule has 0 bridgehead atoms. The summed E-state index contributed by atoms with van der Waals surface area (Å²) in [5.74, 6) is 0. The summed E-state index contributed by atoms with van der Waals surface area (Å²) in [5.41, 5.74) is 2.02. The molecule has 0 saturated heterocycles. The zero-order valence-corrected chi connectivity index (χ0v) is 10.1. The zero-order chi connectivity index (χ0) is 11.4. The van der Waals surface area contributed by atoms with Gasteiger partial charge in [-0.15, -0.1) is 11.6 Å². The summed E-state index contributed by atoms with van der Waals surface area (Å²) in [6.07, 6.45) is 2.49. The number of hydrogen-bond donors (Lipinski definition) is 0. The van der Waals surface area contributed by atoms with Gasteiger partial charge in [-0.3, -0.25) is 4.98 Å². The van der Waals surface area contributed by atoms with Crippen molar-refractivity contribution in [2.45, 2.75) is 11.8 Å². The second kappa shape index (κ2) is 5.33. The van der Waals surface area contributed by atoms with E-state index in [2.05, 4.69) is 4.98 Å². The molecule has 2 rings (SSSR count). The minimum Gasteiger partial charge on any atom is -0.261 e. The van der Waals surface area contributed by atoms with Crippen molar-refractivity contribution in [2.75, 3.05) is 0 Å². The maximum Gasteiger partial charge on any atom is 0.0641 e. The number of hydrogen-bond acceptors (Lipinski definition) is 1. The number of halogens is 2. The Hall–Kier alpha value is -1.05. The monoisotopic (exact) mass is 251 g/mol. The van der Waals surface area contributed by atoms with Gasteiger partial charge in [0, 0.05) is 23.3 Å². The van der Waals surface area contributed by atoms with Gasteiger partial charge in [-0.1, -0.05) is 29.8 Å². The van der Waals surface area contributed by atoms with Crippen LogP contribution in [0.5, 0.6) is 0 Å². The second-order valence-electron chi connectivity index (χ2n) is 3.55. The van der Waals surface area contributed by atoms with E-state index in [1.165, 1.54) is 0 Å². The molecule has 0 N–H and O–H groups in total. The van der Waals surface area contributed by atoms with Crippen molar-refractivity contribution in [3.05, 3.63) is 64.9 Å². The zero-order valence-electron chi connectivity index (χ0n) is 8.61. The van der Waals surface area contributed by atoms with E-state index in [1.54, 1.807) is 6.20 Å². The number of alkyl halides is 1. The molecule has 1 aromatic carbocycles. The molecule has 2 aromatic rings. The first-order valence-corrected chi connectivity index (χ1v) is 5.86. The maximum atomic E-state index is 6.31. The molecule has 3 heteroatoms. The van der Waals surface area contributed by atoms with Gasteiger partial charge in [-0.25, -0.2) is 0 Å². The van der Waals surface area contributed by atoms with Gasteiger partial charge in [0.15, 0.2) is 0 Å². The van der Waals surface area contributed by atoms with Crippen molar-refractivity contribution in [2.24, 2.45) is 0 Å². The second-order valence-corrected chi connectivity index (χ2v) is 4.51. The molecule has 0 aliphatic carbocycles. The van der Waals surface area contributed by atoms with Crippen molar-refractivity contribution in [3.63, 3.8) is 0 Å². The number of rotatable bonds is 3. The summed E-state index contributed by atoms with van der Waals surface area (Å²) in [6, 6.07) is 13.4. The summed E-state index contributed by atoms with van der Waals surface area (Å²) < 4.78 is 0. The molecule has 1 atom stereocenters. The third-order valence-electron chi connectivity index (χ3n) is 2.32. The minimum absolute atomic E-state index is 0.0893. The van der Waals surface area contributed by atoms with Gasteiger partial charge in [0.05, 0.1) is 5.38 Å². The predicted octanol–water partition coefficient (Wildman–Crippen LogP) is 4.26. The Morgan fingerprint density at radius 3 is 2.69 bits per heavy atom. The molecule has 0 aliphatic heterocycles. The molecule has 0 saturated carbocycles. The minimum atomic E-state index is -0.0893. The van der Waals surface area contributed by atoms with Crippen LogP contribution in [0.3, 0.4) is 0 Å². The molecule has 0 fully saturated rings. The van der Waals surface area contributed by atoms with Crippen molar-refractivity contribution in [1.29, 1.82) is 0 Å². The topological polar surface area (TPSA) is 12.9 Å². The molecule has 1 heterocycles. The first-order valence-electron chi connectivity index (χ1n) is 5.05. The quantitative estimate of drug-likeness (QED) is 0.744. The Morgan fingerprint density at radius 2 is 2.00 bits per heavy atom. The standard InChI is InChI=1S/C13H11Cl2N/c14-11-5-3-4-10(8-11)13(15)9-12-6-1-2-7-16-12/h1-8,13H,9H2. The van der Waals surface area contributed by atoms with E-state index in [-0.39, 0.29) is 5.38 Å². The Bertz CT molecular complexity index is 456. The van der Waals surface area contributed by atoms with E-state index in [0.717, 1.165) is 11.3 Å². The van der Waals surface area contributed by atoms with Crippen molar-refractivity contribution in [1.82, 2.24) is 4.98 Å². The third-order valence-corrected chi connectivity index (χ3v) is 2.97. The van der Waals surface area contributed by atoms with Crippen LogP contribution in [0, 0.1) is 0 Å². The molecule has 16 heavy (non-hydrogen) atoms. The van der Waals surface area contributed by atoms with Gasteiger partial charge in [-0.05, 0) is 29.8 Å². The molecule has 1 aromatic heterocycles. The SMILES string of the molecule is Clc1cccc(C(Cl)Cc2ccccn2)c1. The number of aromatic nitrogens is 1. The van der Waals surface area contributed by atoms with Crippen LogP contribution in [0.4, 0.5) is 0 Å². The maximum absolute atomic E-state index is 6.31. The Morgan fingerprint density at radius 1 is 1.12 bits per heavy atom. The molecule has 1 unspecified atom stereocenters. The fourth-order valence-corrected chi connectivity index (χ4v) is 2.01. The molecule has 0 amide bonds. The molecular weight excluding hydrogens is 241 g/mol. The average Bonchev–Trinajstić information content (AvgIpc) is 2.30. The van der Waals surface area contributed by atoms with E-state index in [4.69, 9.17) is 23.2 Å². The lowest BCUT2D eigenvalue weighted by Gasteiger charge is -2.09. The summed E-state index contributed by atoms with van der Waals surface area (Å²) in [6.45, 7) is 0. The van der Waals surface area contributed by atoms with E-state index in [9.17, 15) is 0 Å². The van der Waals surface area contributed by atoms with E-state index in [0.29, 0.717) is 11.4 Å². The van der Waals surface area contributed by atoms with Crippen LogP contribution in [0.2, 0.25) is 5.02 Å². The highest BCUT2D eigenvalue weighted by Crippen LogP contribution is 2.26. The number of nitrogens with zero attached hydrogens (tertiary/aromatic N) is 1. The van der Waals surface area contributed by atoms with Crippen molar-refractivity contribution < 1.29 is 0 Å². The summed E-state index contributed by atoms with van der Waals surface area (Å²) in [7, 11) is 0. The molecule has 0 spiro atoms. The Kier molecular flexibility index (Phi) is 3.81. The summed E-state index contributed by atoms with van der Waals surface area (Å²) >= 11 is 12.2. The predicted molar refractivity (Wildman–Crippen MR) is 68.0 cm³/mol. The molecular formula is C13H11Cl2N. The van der Waals surface area contributed by atoms with Crippen molar-refractivity contribution >= 4 is 23.2 Å². The van der Waals surface area contributed by atoms with Crippen molar-refractivity contribution in [3.8, 4) is 0 Å². The summed E-state index contributed by atoms with van der Waals surface area (Å²) in [5, 5.41) is 0.623. The highest BCUT2D eigenvalue weighted by molar-refractivity contribution is 6.30. The van der Waals surface area contributed by atoms with E-state index >= 15 is 0 Å². The molecule has 0 aliphatic rings. The number of pyridine rings is 1. The van der Waals surface area contributed by atoms with Gasteiger partial charge >= 0.3 is 0 Å². The molecule has 82 valence electrons. The normalized spacial score (nSPS) is 12.4. The Balaban J connectivity index is 2.12. The van der Waals surface area contributed by atoms with Crippen LogP contribution in [0.15, 0.2) is 48.7 Å². The van der Waals surface area contributed by atoms with Gasteiger partial charge in [0.2, 0.25) is 0 Å². The smallest absolute Gasteiger partial charge is 0.0641 e. The highest BCUT2D eigenvalue weighted by Gasteiger charge is 2.09. The highest BCUT2D eigenvalue weighted by atomic mass is 35.5. The Labute approximate surface area is 105 Å². The van der Waals surface area contributed by atoms with E-state index in [1.807, 2.05) is 42.5 Å². The van der Waals surface area contributed by atoms with Gasteiger partial charge in [0.25, 0.3) is 0 Å². The first-order chi connectivity index (χ1) is 7.75. The average molecular weight is 252 g/mol. The van der Waals surface area contributed by atoms with Crippen LogP contribution in [-0.4, -0.2) is 4.98 Å². The van der Waals surface area contributed by atoms with Gasteiger partial charge in [0.1, 0.15) is 0 Å². The largest absolute Gasteiger partial charge is 0.261 e. The number of benzene rings is 1. The first kappa shape index (κ1) is 11.4. The van der Waals surface area contributed by atoms with Crippen LogP contribution >= 0.6 is 23.2 Å². The van der Waals surface area contributed by atoms with Crippen LogP contribution in [-0.2, 0) is 6.42 Å². The van der Waals surface area contributed by atoms with E-state index < -0.39 is 0 Å². The fourth-order valence-electron chi connectivity index (χ4n) is 1.52. The lowest BCUT2D eigenvalue weighted by Crippen LogP contribution is -1.97. The molecule has 1 nitrogen and oxygen atoms in total.